The smallest absolute Gasteiger partial charge is 0.191 e. The second kappa shape index (κ2) is 13.3. The van der Waals surface area contributed by atoms with E-state index in [1.807, 2.05) is 25.1 Å². The van der Waals surface area contributed by atoms with Gasteiger partial charge in [-0.3, -0.25) is 9.98 Å². The zero-order chi connectivity index (χ0) is 19.5. The Bertz CT molecular complexity index is 753. The molecule has 2 rings (SSSR count). The summed E-state index contributed by atoms with van der Waals surface area (Å²) in [6.45, 7) is 6.63. The van der Waals surface area contributed by atoms with E-state index in [9.17, 15) is 0 Å². The van der Waals surface area contributed by atoms with E-state index in [4.69, 9.17) is 9.47 Å². The molecule has 154 valence electrons. The lowest BCUT2D eigenvalue weighted by atomic mass is 10.1. The number of ether oxygens (including phenoxy) is 2. The highest BCUT2D eigenvalue weighted by Gasteiger charge is 2.06. The maximum absolute atomic E-state index is 5.94. The Labute approximate surface area is 185 Å². The van der Waals surface area contributed by atoms with Gasteiger partial charge in [-0.1, -0.05) is 18.2 Å². The van der Waals surface area contributed by atoms with E-state index in [2.05, 4.69) is 45.7 Å². The second-order valence-corrected chi connectivity index (χ2v) is 6.36. The highest BCUT2D eigenvalue weighted by molar-refractivity contribution is 14.0. The van der Waals surface area contributed by atoms with Crippen LogP contribution in [0.15, 0.2) is 41.4 Å². The lowest BCUT2D eigenvalue weighted by Gasteiger charge is -2.15. The van der Waals surface area contributed by atoms with Gasteiger partial charge in [0.1, 0.15) is 5.75 Å². The van der Waals surface area contributed by atoms with E-state index in [0.29, 0.717) is 26.3 Å². The fourth-order valence-electron chi connectivity index (χ4n) is 2.60. The van der Waals surface area contributed by atoms with E-state index < -0.39 is 0 Å². The molecule has 0 bridgehead atoms. The summed E-state index contributed by atoms with van der Waals surface area (Å²) in [5, 5.41) is 6.63. The minimum absolute atomic E-state index is 0. The van der Waals surface area contributed by atoms with Gasteiger partial charge < -0.3 is 20.1 Å². The van der Waals surface area contributed by atoms with Gasteiger partial charge in [-0.05, 0) is 37.6 Å². The molecule has 1 aromatic carbocycles. The molecule has 0 aliphatic heterocycles. The first-order valence-corrected chi connectivity index (χ1v) is 9.20. The van der Waals surface area contributed by atoms with Gasteiger partial charge in [0.15, 0.2) is 5.96 Å². The predicted molar refractivity (Wildman–Crippen MR) is 125 cm³/mol. The SMILES string of the molecule is CN=C(NCc1cccc(C)n1)NCc1ccc(C)cc1OCCCOC.I. The Morgan fingerprint density at radius 2 is 1.86 bits per heavy atom. The number of guanidine groups is 1. The third-order valence-corrected chi connectivity index (χ3v) is 4.03. The Kier molecular flexibility index (Phi) is 11.5. The van der Waals surface area contributed by atoms with Crippen LogP contribution in [0.2, 0.25) is 0 Å². The minimum atomic E-state index is 0. The van der Waals surface area contributed by atoms with Gasteiger partial charge in [0.05, 0.1) is 18.8 Å². The molecule has 0 aliphatic rings. The standard InChI is InChI=1S/C21H30N4O2.HI/c1-16-9-10-18(20(13-16)27-12-6-11-26-4)14-23-21(22-3)24-15-19-8-5-7-17(2)25-19;/h5,7-10,13H,6,11-12,14-15H2,1-4H3,(H2,22,23,24);1H. The third-order valence-electron chi connectivity index (χ3n) is 4.03. The fraction of sp³-hybridized carbons (Fsp3) is 0.429. The summed E-state index contributed by atoms with van der Waals surface area (Å²) in [7, 11) is 3.46. The average molecular weight is 498 g/mol. The van der Waals surface area contributed by atoms with Crippen LogP contribution in [0.4, 0.5) is 0 Å². The van der Waals surface area contributed by atoms with Gasteiger partial charge >= 0.3 is 0 Å². The van der Waals surface area contributed by atoms with Crippen molar-refractivity contribution in [1.29, 1.82) is 0 Å². The van der Waals surface area contributed by atoms with Crippen LogP contribution >= 0.6 is 24.0 Å². The number of rotatable bonds is 9. The number of nitrogens with zero attached hydrogens (tertiary/aromatic N) is 2. The zero-order valence-corrected chi connectivity index (χ0v) is 19.4. The third kappa shape index (κ3) is 8.43. The summed E-state index contributed by atoms with van der Waals surface area (Å²) in [5.74, 6) is 1.62. The molecule has 7 heteroatoms. The maximum Gasteiger partial charge on any atom is 0.191 e. The van der Waals surface area contributed by atoms with Crippen LogP contribution in [0.25, 0.3) is 0 Å². The van der Waals surface area contributed by atoms with E-state index in [1.54, 1.807) is 14.2 Å². The fourth-order valence-corrected chi connectivity index (χ4v) is 2.60. The Morgan fingerprint density at radius 3 is 2.57 bits per heavy atom. The van der Waals surface area contributed by atoms with Crippen LogP contribution in [0.1, 0.15) is 28.9 Å². The van der Waals surface area contributed by atoms with Crippen molar-refractivity contribution in [3.63, 3.8) is 0 Å². The normalized spacial score (nSPS) is 10.9. The first kappa shape index (κ1) is 24.2. The van der Waals surface area contributed by atoms with Crippen LogP contribution in [0.3, 0.4) is 0 Å². The monoisotopic (exact) mass is 498 g/mol. The lowest BCUT2D eigenvalue weighted by Crippen LogP contribution is -2.36. The number of benzene rings is 1. The maximum atomic E-state index is 5.94. The molecule has 0 saturated heterocycles. The van der Waals surface area contributed by atoms with Crippen molar-refractivity contribution in [2.75, 3.05) is 27.4 Å². The number of hydrogen-bond acceptors (Lipinski definition) is 4. The Hall–Kier alpha value is -1.87. The van der Waals surface area contributed by atoms with Crippen molar-refractivity contribution in [1.82, 2.24) is 15.6 Å². The second-order valence-electron chi connectivity index (χ2n) is 6.36. The molecule has 1 aromatic heterocycles. The van der Waals surface area contributed by atoms with E-state index >= 15 is 0 Å². The molecule has 0 aliphatic carbocycles. The molecule has 0 atom stereocenters. The number of methoxy groups -OCH3 is 1. The molecule has 0 fully saturated rings. The van der Waals surface area contributed by atoms with Crippen molar-refractivity contribution in [2.24, 2.45) is 4.99 Å². The number of nitrogens with one attached hydrogen (secondary N) is 2. The molecule has 28 heavy (non-hydrogen) atoms. The van der Waals surface area contributed by atoms with Gasteiger partial charge in [0.2, 0.25) is 0 Å². The van der Waals surface area contributed by atoms with E-state index in [-0.39, 0.29) is 24.0 Å². The zero-order valence-electron chi connectivity index (χ0n) is 17.1. The first-order valence-electron chi connectivity index (χ1n) is 9.20. The van der Waals surface area contributed by atoms with Crippen molar-refractivity contribution >= 4 is 29.9 Å². The molecular weight excluding hydrogens is 467 g/mol. The van der Waals surface area contributed by atoms with E-state index in [1.165, 1.54) is 5.56 Å². The molecule has 1 heterocycles. The van der Waals surface area contributed by atoms with Crippen LogP contribution in [-0.2, 0) is 17.8 Å². The average Bonchev–Trinajstić information content (AvgIpc) is 2.66. The summed E-state index contributed by atoms with van der Waals surface area (Å²) < 4.78 is 11.0. The number of aliphatic imine (C=N–C) groups is 1. The van der Waals surface area contributed by atoms with Crippen LogP contribution in [0, 0.1) is 13.8 Å². The van der Waals surface area contributed by atoms with Crippen molar-refractivity contribution in [2.45, 2.75) is 33.4 Å². The number of hydrogen-bond donors (Lipinski definition) is 2. The number of aromatic nitrogens is 1. The Balaban J connectivity index is 0.00000392. The van der Waals surface area contributed by atoms with Gasteiger partial charge in [-0.25, -0.2) is 0 Å². The first-order chi connectivity index (χ1) is 13.1. The molecule has 0 radical (unpaired) electrons. The van der Waals surface area contributed by atoms with Crippen molar-refractivity contribution in [3.8, 4) is 5.75 Å². The van der Waals surface area contributed by atoms with Crippen LogP contribution in [-0.4, -0.2) is 38.3 Å². The molecule has 2 N–H and O–H groups in total. The highest BCUT2D eigenvalue weighted by atomic mass is 127. The lowest BCUT2D eigenvalue weighted by molar-refractivity contribution is 0.171. The summed E-state index contributed by atoms with van der Waals surface area (Å²) in [6, 6.07) is 12.2. The molecule has 6 nitrogen and oxygen atoms in total. The van der Waals surface area contributed by atoms with Gasteiger partial charge in [-0.2, -0.15) is 0 Å². The number of pyridine rings is 1. The minimum Gasteiger partial charge on any atom is -0.493 e. The van der Waals surface area contributed by atoms with Crippen molar-refractivity contribution < 1.29 is 9.47 Å². The predicted octanol–water partition coefficient (Wildman–Crippen LogP) is 3.60. The summed E-state index contributed by atoms with van der Waals surface area (Å²) in [5.41, 5.74) is 4.26. The number of aryl methyl sites for hydroxylation is 2. The summed E-state index contributed by atoms with van der Waals surface area (Å²) in [6.07, 6.45) is 0.865. The molecule has 0 spiro atoms. The molecular formula is C21H31IN4O2. The Morgan fingerprint density at radius 1 is 1.07 bits per heavy atom. The van der Waals surface area contributed by atoms with Gasteiger partial charge in [0.25, 0.3) is 0 Å². The van der Waals surface area contributed by atoms with Crippen LogP contribution < -0.4 is 15.4 Å². The summed E-state index contributed by atoms with van der Waals surface area (Å²) >= 11 is 0. The number of halogens is 1. The topological polar surface area (TPSA) is 67.8 Å². The molecule has 0 unspecified atom stereocenters. The largest absolute Gasteiger partial charge is 0.493 e. The highest BCUT2D eigenvalue weighted by Crippen LogP contribution is 2.20. The van der Waals surface area contributed by atoms with Crippen LogP contribution in [0.5, 0.6) is 5.75 Å². The quantitative estimate of drug-likeness (QED) is 0.240. The molecule has 0 saturated carbocycles. The molecule has 2 aromatic rings. The van der Waals surface area contributed by atoms with E-state index in [0.717, 1.165) is 35.1 Å². The molecule has 0 amide bonds. The summed E-state index contributed by atoms with van der Waals surface area (Å²) in [4.78, 5) is 8.78. The van der Waals surface area contributed by atoms with Gasteiger partial charge in [-0.15, -0.1) is 24.0 Å². The van der Waals surface area contributed by atoms with Crippen molar-refractivity contribution in [3.05, 3.63) is 58.9 Å². The van der Waals surface area contributed by atoms with Gasteiger partial charge in [0, 0.05) is 45.0 Å².